The summed E-state index contributed by atoms with van der Waals surface area (Å²) in [4.78, 5) is 33.7. The standard InChI is InChI=1S/C11H11N3O5/c12-10(15)6-1-2-8(14(18)19)9(3-6)13-4-7(5-13)11(16)17/h1-3,7H,4-5H2,(H2,12,15)(H,16,17). The third-order valence-electron chi connectivity index (χ3n) is 3.03. The summed E-state index contributed by atoms with van der Waals surface area (Å²) in [7, 11) is 0. The molecule has 8 heteroatoms. The zero-order valence-corrected chi connectivity index (χ0v) is 9.78. The Morgan fingerprint density at radius 1 is 1.42 bits per heavy atom. The molecule has 0 radical (unpaired) electrons. The van der Waals surface area contributed by atoms with Crippen LogP contribution in [0.2, 0.25) is 0 Å². The number of benzene rings is 1. The van der Waals surface area contributed by atoms with Crippen molar-refractivity contribution in [1.82, 2.24) is 0 Å². The van der Waals surface area contributed by atoms with Crippen LogP contribution in [0.25, 0.3) is 0 Å². The lowest BCUT2D eigenvalue weighted by Gasteiger charge is -2.38. The third kappa shape index (κ3) is 2.32. The van der Waals surface area contributed by atoms with Crippen LogP contribution in [-0.2, 0) is 4.79 Å². The van der Waals surface area contributed by atoms with Gasteiger partial charge in [0.25, 0.3) is 5.69 Å². The highest BCUT2D eigenvalue weighted by Crippen LogP contribution is 2.34. The topological polar surface area (TPSA) is 127 Å². The summed E-state index contributed by atoms with van der Waals surface area (Å²) in [5.74, 6) is -2.17. The number of aliphatic carboxylic acids is 1. The van der Waals surface area contributed by atoms with E-state index in [0.717, 1.165) is 0 Å². The quantitative estimate of drug-likeness (QED) is 0.592. The Morgan fingerprint density at radius 3 is 2.53 bits per heavy atom. The van der Waals surface area contributed by atoms with Gasteiger partial charge in [0, 0.05) is 24.7 Å². The van der Waals surface area contributed by atoms with E-state index in [4.69, 9.17) is 10.8 Å². The highest BCUT2D eigenvalue weighted by Gasteiger charge is 2.35. The van der Waals surface area contributed by atoms with Crippen LogP contribution in [0.4, 0.5) is 11.4 Å². The molecule has 0 saturated carbocycles. The third-order valence-corrected chi connectivity index (χ3v) is 3.03. The van der Waals surface area contributed by atoms with Crippen molar-refractivity contribution in [2.45, 2.75) is 0 Å². The lowest BCUT2D eigenvalue weighted by Crippen LogP contribution is -2.50. The number of nitrogens with two attached hydrogens (primary N) is 1. The first-order valence-corrected chi connectivity index (χ1v) is 5.46. The zero-order chi connectivity index (χ0) is 14.2. The molecule has 0 aromatic heterocycles. The van der Waals surface area contributed by atoms with E-state index in [1.54, 1.807) is 4.90 Å². The number of nitro benzene ring substituents is 1. The number of nitrogens with zero attached hydrogens (tertiary/aromatic N) is 2. The van der Waals surface area contributed by atoms with Crippen LogP contribution in [0.5, 0.6) is 0 Å². The fraction of sp³-hybridized carbons (Fsp3) is 0.273. The van der Waals surface area contributed by atoms with E-state index in [2.05, 4.69) is 0 Å². The van der Waals surface area contributed by atoms with Crippen LogP contribution in [0.15, 0.2) is 18.2 Å². The summed E-state index contributed by atoms with van der Waals surface area (Å²) in [5.41, 5.74) is 5.32. The highest BCUT2D eigenvalue weighted by atomic mass is 16.6. The average molecular weight is 265 g/mol. The molecule has 0 bridgehead atoms. The molecule has 1 aromatic rings. The zero-order valence-electron chi connectivity index (χ0n) is 9.78. The summed E-state index contributed by atoms with van der Waals surface area (Å²) in [5, 5.41) is 19.7. The van der Waals surface area contributed by atoms with E-state index >= 15 is 0 Å². The first kappa shape index (κ1) is 12.8. The summed E-state index contributed by atoms with van der Waals surface area (Å²) in [6.07, 6.45) is 0. The molecule has 0 spiro atoms. The van der Waals surface area contributed by atoms with Crippen molar-refractivity contribution in [2.75, 3.05) is 18.0 Å². The second-order valence-corrected chi connectivity index (χ2v) is 4.26. The monoisotopic (exact) mass is 265 g/mol. The van der Waals surface area contributed by atoms with Crippen LogP contribution in [0.1, 0.15) is 10.4 Å². The molecule has 100 valence electrons. The lowest BCUT2D eigenvalue weighted by molar-refractivity contribution is -0.384. The number of hydrogen-bond donors (Lipinski definition) is 2. The van der Waals surface area contributed by atoms with Crippen LogP contribution < -0.4 is 10.6 Å². The lowest BCUT2D eigenvalue weighted by atomic mass is 9.98. The second-order valence-electron chi connectivity index (χ2n) is 4.26. The van der Waals surface area contributed by atoms with Gasteiger partial charge in [0.1, 0.15) is 5.69 Å². The number of amides is 1. The largest absolute Gasteiger partial charge is 0.481 e. The Bertz CT molecular complexity index is 565. The van der Waals surface area contributed by atoms with Crippen LogP contribution in [-0.4, -0.2) is 35.0 Å². The van der Waals surface area contributed by atoms with E-state index in [-0.39, 0.29) is 30.0 Å². The van der Waals surface area contributed by atoms with Gasteiger partial charge in [0.15, 0.2) is 0 Å². The summed E-state index contributed by atoms with van der Waals surface area (Å²) in [6, 6.07) is 3.79. The summed E-state index contributed by atoms with van der Waals surface area (Å²) < 4.78 is 0. The number of nitro groups is 1. The van der Waals surface area contributed by atoms with Gasteiger partial charge in [-0.3, -0.25) is 19.7 Å². The summed E-state index contributed by atoms with van der Waals surface area (Å²) >= 11 is 0. The molecule has 1 fully saturated rings. The second kappa shape index (κ2) is 4.56. The maximum Gasteiger partial charge on any atom is 0.310 e. The van der Waals surface area contributed by atoms with Gasteiger partial charge in [0.05, 0.1) is 10.8 Å². The molecule has 8 nitrogen and oxygen atoms in total. The molecule has 1 amide bonds. The molecule has 3 N–H and O–H groups in total. The minimum atomic E-state index is -0.940. The minimum Gasteiger partial charge on any atom is -0.481 e. The number of carboxylic acid groups (broad SMARTS) is 1. The predicted molar refractivity (Wildman–Crippen MR) is 65.0 cm³/mol. The van der Waals surface area contributed by atoms with E-state index < -0.39 is 22.7 Å². The Balaban J connectivity index is 2.32. The number of primary amides is 1. The average Bonchev–Trinajstić information content (AvgIpc) is 2.25. The van der Waals surface area contributed by atoms with E-state index in [1.807, 2.05) is 0 Å². The van der Waals surface area contributed by atoms with E-state index in [0.29, 0.717) is 0 Å². The van der Waals surface area contributed by atoms with Crippen molar-refractivity contribution < 1.29 is 19.6 Å². The van der Waals surface area contributed by atoms with Crippen molar-refractivity contribution in [1.29, 1.82) is 0 Å². The van der Waals surface area contributed by atoms with Crippen molar-refractivity contribution in [3.05, 3.63) is 33.9 Å². The van der Waals surface area contributed by atoms with E-state index in [1.165, 1.54) is 18.2 Å². The van der Waals surface area contributed by atoms with E-state index in [9.17, 15) is 19.7 Å². The smallest absolute Gasteiger partial charge is 0.310 e. The molecule has 19 heavy (non-hydrogen) atoms. The van der Waals surface area contributed by atoms with Gasteiger partial charge in [-0.2, -0.15) is 0 Å². The molecular formula is C11H11N3O5. The molecule has 1 aliphatic rings. The Hall–Kier alpha value is -2.64. The molecule has 1 aromatic carbocycles. The fourth-order valence-corrected chi connectivity index (χ4v) is 1.92. The number of carbonyl (C=O) groups excluding carboxylic acids is 1. The molecule has 0 atom stereocenters. The van der Waals surface area contributed by atoms with Crippen LogP contribution in [0.3, 0.4) is 0 Å². The highest BCUT2D eigenvalue weighted by molar-refractivity contribution is 5.95. The predicted octanol–water partition coefficient (Wildman–Crippen LogP) is 0.214. The van der Waals surface area contributed by atoms with Crippen molar-refractivity contribution in [3.63, 3.8) is 0 Å². The Labute approximate surface area is 107 Å². The van der Waals surface area contributed by atoms with Gasteiger partial charge in [-0.25, -0.2) is 0 Å². The van der Waals surface area contributed by atoms with Gasteiger partial charge in [-0.05, 0) is 12.1 Å². The van der Waals surface area contributed by atoms with Crippen molar-refractivity contribution in [2.24, 2.45) is 11.7 Å². The number of hydrogen-bond acceptors (Lipinski definition) is 5. The minimum absolute atomic E-state index is 0.152. The maximum atomic E-state index is 11.1. The first-order valence-electron chi connectivity index (χ1n) is 5.46. The van der Waals surface area contributed by atoms with Crippen LogP contribution >= 0.6 is 0 Å². The number of anilines is 1. The van der Waals surface area contributed by atoms with Crippen molar-refractivity contribution in [3.8, 4) is 0 Å². The van der Waals surface area contributed by atoms with Crippen LogP contribution in [0, 0.1) is 16.0 Å². The van der Waals surface area contributed by atoms with Gasteiger partial charge in [0.2, 0.25) is 5.91 Å². The number of carbonyl (C=O) groups is 2. The molecular weight excluding hydrogens is 254 g/mol. The van der Waals surface area contributed by atoms with Gasteiger partial charge in [-0.15, -0.1) is 0 Å². The SMILES string of the molecule is NC(=O)c1ccc([N+](=O)[O-])c(N2CC(C(=O)O)C2)c1. The maximum absolute atomic E-state index is 11.1. The number of carboxylic acids is 1. The molecule has 1 heterocycles. The Kier molecular flexibility index (Phi) is 3.07. The normalized spacial score (nSPS) is 14.8. The fourth-order valence-electron chi connectivity index (χ4n) is 1.92. The Morgan fingerprint density at radius 2 is 2.05 bits per heavy atom. The molecule has 2 rings (SSSR count). The first-order chi connectivity index (χ1) is 8.90. The summed E-state index contributed by atoms with van der Waals surface area (Å²) in [6.45, 7) is 0.358. The molecule has 1 saturated heterocycles. The molecule has 1 aliphatic heterocycles. The van der Waals surface area contributed by atoms with Gasteiger partial charge < -0.3 is 15.7 Å². The molecule has 0 aliphatic carbocycles. The number of rotatable bonds is 4. The van der Waals surface area contributed by atoms with Gasteiger partial charge >= 0.3 is 5.97 Å². The van der Waals surface area contributed by atoms with Crippen molar-refractivity contribution >= 4 is 23.3 Å². The molecule has 0 unspecified atom stereocenters. The van der Waals surface area contributed by atoms with Gasteiger partial charge in [-0.1, -0.05) is 0 Å².